The molecule has 0 spiro atoms. The highest BCUT2D eigenvalue weighted by atomic mass is 35.5. The van der Waals surface area contributed by atoms with E-state index in [-0.39, 0.29) is 18.9 Å². The molecule has 8 heteroatoms. The SMILES string of the molecule is O=C(Nc1ccccc1)[C@]1(Cc2ccccc2)N=C(c2ccc(OCCCO)cc2)O[C@@H]1c1ccc(Cl)cc1Cl. The summed E-state index contributed by atoms with van der Waals surface area (Å²) in [6.07, 6.45) is -0.0293. The number of ether oxygens (including phenoxy) is 2. The number of carbonyl (C=O) groups excluding carboxylic acids is 1. The fourth-order valence-electron chi connectivity index (χ4n) is 4.64. The van der Waals surface area contributed by atoms with Gasteiger partial charge in [-0.05, 0) is 54.1 Å². The first-order valence-electron chi connectivity index (χ1n) is 12.9. The van der Waals surface area contributed by atoms with Gasteiger partial charge in [-0.2, -0.15) is 0 Å². The van der Waals surface area contributed by atoms with Crippen molar-refractivity contribution in [2.75, 3.05) is 18.5 Å². The molecule has 0 aromatic heterocycles. The van der Waals surface area contributed by atoms with Crippen molar-refractivity contribution in [3.63, 3.8) is 0 Å². The third-order valence-electron chi connectivity index (χ3n) is 6.62. The zero-order valence-electron chi connectivity index (χ0n) is 21.6. The van der Waals surface area contributed by atoms with Crippen LogP contribution in [0.25, 0.3) is 0 Å². The summed E-state index contributed by atoms with van der Waals surface area (Å²) >= 11 is 12.9. The number of halogens is 2. The van der Waals surface area contributed by atoms with Crippen LogP contribution in [-0.2, 0) is 16.0 Å². The molecule has 0 aliphatic carbocycles. The molecular weight excluding hydrogens is 547 g/mol. The van der Waals surface area contributed by atoms with Crippen LogP contribution in [-0.4, -0.2) is 35.7 Å². The number of nitrogens with one attached hydrogen (secondary N) is 1. The molecule has 0 bridgehead atoms. The Hall–Kier alpha value is -3.84. The monoisotopic (exact) mass is 574 g/mol. The second-order valence-electron chi connectivity index (χ2n) is 9.44. The van der Waals surface area contributed by atoms with Crippen molar-refractivity contribution < 1.29 is 19.4 Å². The highest BCUT2D eigenvalue weighted by Gasteiger charge is 2.54. The zero-order valence-corrected chi connectivity index (χ0v) is 23.1. The summed E-state index contributed by atoms with van der Waals surface area (Å²) in [4.78, 5) is 19.3. The van der Waals surface area contributed by atoms with Gasteiger partial charge in [0.1, 0.15) is 5.75 Å². The van der Waals surface area contributed by atoms with Crippen molar-refractivity contribution in [2.24, 2.45) is 4.99 Å². The normalized spacial score (nSPS) is 18.1. The molecule has 1 heterocycles. The minimum absolute atomic E-state index is 0.0614. The summed E-state index contributed by atoms with van der Waals surface area (Å²) in [5, 5.41) is 12.9. The van der Waals surface area contributed by atoms with Crippen LogP contribution in [0.4, 0.5) is 5.69 Å². The first-order valence-corrected chi connectivity index (χ1v) is 13.7. The molecule has 0 saturated heterocycles. The van der Waals surface area contributed by atoms with Crippen LogP contribution in [0.2, 0.25) is 10.0 Å². The van der Waals surface area contributed by atoms with Gasteiger partial charge in [-0.15, -0.1) is 0 Å². The molecule has 6 nitrogen and oxygen atoms in total. The highest BCUT2D eigenvalue weighted by molar-refractivity contribution is 6.35. The predicted molar refractivity (Wildman–Crippen MR) is 158 cm³/mol. The molecule has 4 aromatic rings. The number of amides is 1. The number of aliphatic hydroxyl groups is 1. The summed E-state index contributed by atoms with van der Waals surface area (Å²) in [7, 11) is 0. The number of hydrogen-bond donors (Lipinski definition) is 2. The summed E-state index contributed by atoms with van der Waals surface area (Å²) in [5.41, 5.74) is 1.47. The van der Waals surface area contributed by atoms with E-state index >= 15 is 0 Å². The summed E-state index contributed by atoms with van der Waals surface area (Å²) in [6, 6.07) is 31.4. The molecule has 4 aromatic carbocycles. The lowest BCUT2D eigenvalue weighted by Gasteiger charge is -2.31. The van der Waals surface area contributed by atoms with Gasteiger partial charge in [-0.1, -0.05) is 77.8 Å². The van der Waals surface area contributed by atoms with E-state index in [1.807, 2.05) is 84.9 Å². The van der Waals surface area contributed by atoms with E-state index in [9.17, 15) is 4.79 Å². The Morgan fingerprint density at radius 3 is 2.33 bits per heavy atom. The molecule has 0 fully saturated rings. The third kappa shape index (κ3) is 6.15. The second-order valence-corrected chi connectivity index (χ2v) is 10.3. The number of carbonyl (C=O) groups is 1. The standard InChI is InChI=1S/C32H28Cl2N2O4/c33-24-14-17-27(28(34)20-24)29-32(21-22-8-3-1-4-9-22,31(38)35-25-10-5-2-6-11-25)36-30(40-29)23-12-15-26(16-13-23)39-19-7-18-37/h1-6,8-17,20,29,37H,7,18-19,21H2,(H,35,38)/t29-,32-/m1/s1. The summed E-state index contributed by atoms with van der Waals surface area (Å²) in [5.74, 6) is 0.653. The van der Waals surface area contributed by atoms with Crippen LogP contribution in [0, 0.1) is 0 Å². The first kappa shape index (κ1) is 27.7. The van der Waals surface area contributed by atoms with E-state index < -0.39 is 11.6 Å². The molecular formula is C32H28Cl2N2O4. The van der Waals surface area contributed by atoms with Crippen LogP contribution in [0.1, 0.15) is 29.2 Å². The molecule has 40 heavy (non-hydrogen) atoms. The molecule has 1 aliphatic heterocycles. The van der Waals surface area contributed by atoms with Crippen LogP contribution in [0.15, 0.2) is 108 Å². The van der Waals surface area contributed by atoms with Crippen molar-refractivity contribution in [1.82, 2.24) is 0 Å². The van der Waals surface area contributed by atoms with Crippen molar-refractivity contribution in [3.8, 4) is 5.75 Å². The fraction of sp³-hybridized carbons (Fsp3) is 0.188. The van der Waals surface area contributed by atoms with Gasteiger partial charge in [0.05, 0.1) is 6.61 Å². The zero-order chi connectivity index (χ0) is 28.0. The number of anilines is 1. The molecule has 1 aliphatic rings. The van der Waals surface area contributed by atoms with Gasteiger partial charge in [-0.25, -0.2) is 4.99 Å². The average molecular weight is 575 g/mol. The number of aliphatic hydroxyl groups excluding tert-OH is 1. The van der Waals surface area contributed by atoms with Gasteiger partial charge in [0.2, 0.25) is 5.90 Å². The number of para-hydroxylation sites is 1. The topological polar surface area (TPSA) is 80.2 Å². The Bertz CT molecular complexity index is 1480. The van der Waals surface area contributed by atoms with Crippen molar-refractivity contribution in [2.45, 2.75) is 24.5 Å². The van der Waals surface area contributed by atoms with E-state index in [1.54, 1.807) is 18.2 Å². The molecule has 2 N–H and O–H groups in total. The number of hydrogen-bond acceptors (Lipinski definition) is 5. The maximum Gasteiger partial charge on any atom is 0.257 e. The van der Waals surface area contributed by atoms with Gasteiger partial charge < -0.3 is 19.9 Å². The lowest BCUT2D eigenvalue weighted by Crippen LogP contribution is -2.46. The molecule has 0 saturated carbocycles. The van der Waals surface area contributed by atoms with Crippen LogP contribution in [0.5, 0.6) is 5.75 Å². The second kappa shape index (κ2) is 12.6. The number of benzene rings is 4. The van der Waals surface area contributed by atoms with E-state index in [2.05, 4.69) is 5.32 Å². The van der Waals surface area contributed by atoms with Crippen LogP contribution >= 0.6 is 23.2 Å². The lowest BCUT2D eigenvalue weighted by atomic mass is 9.82. The lowest BCUT2D eigenvalue weighted by molar-refractivity contribution is -0.123. The van der Waals surface area contributed by atoms with Gasteiger partial charge in [0.25, 0.3) is 5.91 Å². The average Bonchev–Trinajstić information content (AvgIpc) is 3.35. The Labute approximate surface area is 243 Å². The Kier molecular flexibility index (Phi) is 8.70. The number of rotatable bonds is 10. The largest absolute Gasteiger partial charge is 0.494 e. The van der Waals surface area contributed by atoms with E-state index in [4.69, 9.17) is 42.8 Å². The van der Waals surface area contributed by atoms with E-state index in [0.29, 0.717) is 51.5 Å². The molecule has 204 valence electrons. The molecule has 0 radical (unpaired) electrons. The van der Waals surface area contributed by atoms with Crippen LogP contribution < -0.4 is 10.1 Å². The Morgan fingerprint density at radius 1 is 0.950 bits per heavy atom. The minimum Gasteiger partial charge on any atom is -0.494 e. The molecule has 2 atom stereocenters. The van der Waals surface area contributed by atoms with Crippen LogP contribution in [0.3, 0.4) is 0 Å². The summed E-state index contributed by atoms with van der Waals surface area (Å²) < 4.78 is 12.2. The van der Waals surface area contributed by atoms with Crippen molar-refractivity contribution in [3.05, 3.63) is 130 Å². The Balaban J connectivity index is 1.60. The van der Waals surface area contributed by atoms with Gasteiger partial charge in [0.15, 0.2) is 11.6 Å². The smallest absolute Gasteiger partial charge is 0.257 e. The van der Waals surface area contributed by atoms with Crippen molar-refractivity contribution >= 4 is 40.7 Å². The van der Waals surface area contributed by atoms with E-state index in [1.165, 1.54) is 0 Å². The molecule has 1 amide bonds. The quantitative estimate of drug-likeness (QED) is 0.202. The maximum atomic E-state index is 14.3. The van der Waals surface area contributed by atoms with Gasteiger partial charge in [-0.3, -0.25) is 4.79 Å². The maximum absolute atomic E-state index is 14.3. The fourth-order valence-corrected chi connectivity index (χ4v) is 5.15. The van der Waals surface area contributed by atoms with Crippen molar-refractivity contribution in [1.29, 1.82) is 0 Å². The molecule has 5 rings (SSSR count). The van der Waals surface area contributed by atoms with E-state index in [0.717, 1.165) is 5.56 Å². The molecule has 0 unspecified atom stereocenters. The Morgan fingerprint density at radius 2 is 1.65 bits per heavy atom. The predicted octanol–water partition coefficient (Wildman–Crippen LogP) is 6.89. The number of aliphatic imine (C=N–C) groups is 1. The third-order valence-corrected chi connectivity index (χ3v) is 7.19. The minimum atomic E-state index is -1.39. The summed E-state index contributed by atoms with van der Waals surface area (Å²) in [6.45, 7) is 0.468. The van der Waals surface area contributed by atoms with Gasteiger partial charge in [0, 0.05) is 46.3 Å². The van der Waals surface area contributed by atoms with Gasteiger partial charge >= 0.3 is 0 Å². The highest BCUT2D eigenvalue weighted by Crippen LogP contribution is 2.45. The number of nitrogens with zero attached hydrogens (tertiary/aromatic N) is 1. The first-order chi connectivity index (χ1) is 19.5.